The zero-order valence-corrected chi connectivity index (χ0v) is 13.4. The van der Waals surface area contributed by atoms with Crippen molar-refractivity contribution in [1.29, 1.82) is 0 Å². The molecule has 0 aromatic carbocycles. The summed E-state index contributed by atoms with van der Waals surface area (Å²) in [6.07, 6.45) is -2.79. The number of rotatable bonds is 6. The lowest BCUT2D eigenvalue weighted by Gasteiger charge is -2.22. The van der Waals surface area contributed by atoms with Crippen molar-refractivity contribution in [3.63, 3.8) is 0 Å². The largest absolute Gasteiger partial charge is 0.394 e. The summed E-state index contributed by atoms with van der Waals surface area (Å²) in [7, 11) is 1.49. The summed E-state index contributed by atoms with van der Waals surface area (Å²) in [5, 5.41) is 21.9. The van der Waals surface area contributed by atoms with Crippen molar-refractivity contribution in [3.05, 3.63) is 32.6 Å². The zero-order chi connectivity index (χ0) is 17.9. The highest BCUT2D eigenvalue weighted by Crippen LogP contribution is 2.30. The molecule has 134 valence electrons. The third kappa shape index (κ3) is 3.73. The number of aromatic nitrogens is 2. The van der Waals surface area contributed by atoms with E-state index < -0.39 is 42.4 Å². The Labute approximate surface area is 137 Å². The smallest absolute Gasteiger partial charge is 0.330 e. The minimum Gasteiger partial charge on any atom is -0.394 e. The third-order valence-corrected chi connectivity index (χ3v) is 3.83. The molecule has 0 aliphatic carbocycles. The average molecular weight is 343 g/mol. The summed E-state index contributed by atoms with van der Waals surface area (Å²) in [5.74, 6) is -0.240. The molecule has 2 heterocycles. The molecule has 0 radical (unpaired) electrons. The highest BCUT2D eigenvalue weighted by molar-refractivity contribution is 5.75. The van der Waals surface area contributed by atoms with Gasteiger partial charge in [-0.05, 0) is 6.92 Å². The number of carbonyl (C=O) groups excluding carboxylic acids is 1. The highest BCUT2D eigenvalue weighted by atomic mass is 16.6. The maximum atomic E-state index is 12.0. The number of amides is 1. The van der Waals surface area contributed by atoms with Gasteiger partial charge >= 0.3 is 5.69 Å². The maximum Gasteiger partial charge on any atom is 0.330 e. The van der Waals surface area contributed by atoms with Crippen LogP contribution in [-0.2, 0) is 14.3 Å². The second kappa shape index (κ2) is 7.71. The van der Waals surface area contributed by atoms with Gasteiger partial charge in [0, 0.05) is 25.2 Å². The van der Waals surface area contributed by atoms with Gasteiger partial charge in [-0.25, -0.2) is 4.79 Å². The lowest BCUT2D eigenvalue weighted by molar-refractivity contribution is -0.124. The normalized spacial score (nSPS) is 26.5. The lowest BCUT2D eigenvalue weighted by atomic mass is 10.1. The number of H-pyrrole nitrogens is 1. The van der Waals surface area contributed by atoms with Crippen LogP contribution in [0.3, 0.4) is 0 Å². The lowest BCUT2D eigenvalue weighted by Crippen LogP contribution is -2.40. The molecule has 2 rings (SSSR count). The van der Waals surface area contributed by atoms with E-state index >= 15 is 0 Å². The van der Waals surface area contributed by atoms with Crippen molar-refractivity contribution in [1.82, 2.24) is 14.9 Å². The Morgan fingerprint density at radius 3 is 2.83 bits per heavy atom. The fourth-order valence-corrected chi connectivity index (χ4v) is 2.46. The molecule has 10 nitrogen and oxygen atoms in total. The molecule has 10 heteroatoms. The van der Waals surface area contributed by atoms with Gasteiger partial charge < -0.3 is 25.0 Å². The van der Waals surface area contributed by atoms with Gasteiger partial charge in [0.25, 0.3) is 5.56 Å². The van der Waals surface area contributed by atoms with Crippen LogP contribution in [0.15, 0.2) is 15.8 Å². The molecule has 24 heavy (non-hydrogen) atoms. The molecule has 1 saturated heterocycles. The number of aliphatic hydroxyl groups excluding tert-OH is 2. The van der Waals surface area contributed by atoms with Crippen LogP contribution in [0.2, 0.25) is 0 Å². The molecule has 1 aliphatic heterocycles. The fraction of sp³-hybridized carbons (Fsp3) is 0.643. The first-order valence-corrected chi connectivity index (χ1v) is 7.47. The van der Waals surface area contributed by atoms with Crippen LogP contribution in [0, 0.1) is 6.92 Å². The SMILES string of the molecule is CNC(=O)CCO[C@@H]1[C@H](O)[C@@H](CO)O[C@H]1n1cc(C)c(=O)[nH]c1=O. The first-order chi connectivity index (χ1) is 11.4. The second-order valence-electron chi connectivity index (χ2n) is 5.48. The zero-order valence-electron chi connectivity index (χ0n) is 13.4. The third-order valence-electron chi connectivity index (χ3n) is 3.83. The molecule has 1 aliphatic rings. The number of nitrogens with zero attached hydrogens (tertiary/aromatic N) is 1. The van der Waals surface area contributed by atoms with Gasteiger partial charge in [0.15, 0.2) is 6.23 Å². The molecule has 4 N–H and O–H groups in total. The Morgan fingerprint density at radius 1 is 1.50 bits per heavy atom. The Morgan fingerprint density at radius 2 is 2.21 bits per heavy atom. The van der Waals surface area contributed by atoms with E-state index in [0.717, 1.165) is 4.57 Å². The van der Waals surface area contributed by atoms with Gasteiger partial charge in [0.05, 0.1) is 13.2 Å². The molecule has 1 fully saturated rings. The van der Waals surface area contributed by atoms with E-state index in [4.69, 9.17) is 9.47 Å². The van der Waals surface area contributed by atoms with Crippen LogP contribution in [0.5, 0.6) is 0 Å². The van der Waals surface area contributed by atoms with E-state index in [9.17, 15) is 24.6 Å². The summed E-state index contributed by atoms with van der Waals surface area (Å²) in [6.45, 7) is 1.05. The van der Waals surface area contributed by atoms with Crippen LogP contribution in [0.1, 0.15) is 18.2 Å². The van der Waals surface area contributed by atoms with Crippen molar-refractivity contribution in [2.24, 2.45) is 0 Å². The summed E-state index contributed by atoms with van der Waals surface area (Å²) >= 11 is 0. The van der Waals surface area contributed by atoms with Gasteiger partial charge in [0.1, 0.15) is 18.3 Å². The van der Waals surface area contributed by atoms with E-state index in [1.165, 1.54) is 20.2 Å². The Balaban J connectivity index is 2.25. The minimum atomic E-state index is -1.19. The van der Waals surface area contributed by atoms with Gasteiger partial charge in [0.2, 0.25) is 5.91 Å². The summed E-state index contributed by atoms with van der Waals surface area (Å²) in [6, 6.07) is 0. The fourth-order valence-electron chi connectivity index (χ4n) is 2.46. The Kier molecular flexibility index (Phi) is 5.89. The van der Waals surface area contributed by atoms with Crippen molar-refractivity contribution in [3.8, 4) is 0 Å². The van der Waals surface area contributed by atoms with Crippen molar-refractivity contribution in [2.45, 2.75) is 37.9 Å². The van der Waals surface area contributed by atoms with E-state index in [2.05, 4.69) is 10.3 Å². The maximum absolute atomic E-state index is 12.0. The van der Waals surface area contributed by atoms with E-state index in [1.54, 1.807) is 0 Å². The number of aromatic amines is 1. The monoisotopic (exact) mass is 343 g/mol. The Hall–Kier alpha value is -2.01. The number of carbonyl (C=O) groups is 1. The molecular weight excluding hydrogens is 322 g/mol. The predicted molar refractivity (Wildman–Crippen MR) is 81.5 cm³/mol. The summed E-state index contributed by atoms with van der Waals surface area (Å²) < 4.78 is 12.1. The molecule has 0 saturated carbocycles. The van der Waals surface area contributed by atoms with E-state index in [1.807, 2.05) is 0 Å². The molecular formula is C14H21N3O7. The average Bonchev–Trinajstić information content (AvgIpc) is 2.87. The molecule has 4 atom stereocenters. The van der Waals surface area contributed by atoms with Gasteiger partial charge in [-0.1, -0.05) is 0 Å². The highest BCUT2D eigenvalue weighted by Gasteiger charge is 2.45. The van der Waals surface area contributed by atoms with Crippen LogP contribution in [0.4, 0.5) is 0 Å². The van der Waals surface area contributed by atoms with Crippen molar-refractivity contribution in [2.75, 3.05) is 20.3 Å². The number of aryl methyl sites for hydroxylation is 1. The molecule has 0 bridgehead atoms. The number of nitrogens with one attached hydrogen (secondary N) is 2. The number of hydrogen-bond acceptors (Lipinski definition) is 7. The van der Waals surface area contributed by atoms with Gasteiger partial charge in [-0.15, -0.1) is 0 Å². The van der Waals surface area contributed by atoms with Crippen LogP contribution in [-0.4, -0.2) is 64.2 Å². The summed E-state index contributed by atoms with van der Waals surface area (Å²) in [5.41, 5.74) is -0.962. The van der Waals surface area contributed by atoms with Crippen LogP contribution in [0.25, 0.3) is 0 Å². The second-order valence-corrected chi connectivity index (χ2v) is 5.48. The molecule has 0 unspecified atom stereocenters. The first kappa shape index (κ1) is 18.3. The quantitative estimate of drug-likeness (QED) is 0.451. The number of hydrogen-bond donors (Lipinski definition) is 4. The number of ether oxygens (including phenoxy) is 2. The van der Waals surface area contributed by atoms with E-state index in [0.29, 0.717) is 0 Å². The van der Waals surface area contributed by atoms with Gasteiger partial charge in [-0.2, -0.15) is 0 Å². The molecule has 1 amide bonds. The van der Waals surface area contributed by atoms with Gasteiger partial charge in [-0.3, -0.25) is 19.1 Å². The predicted octanol–water partition coefficient (Wildman–Crippen LogP) is -2.38. The van der Waals surface area contributed by atoms with Crippen molar-refractivity contribution < 1.29 is 24.5 Å². The molecule has 1 aromatic rings. The topological polar surface area (TPSA) is 143 Å². The standard InChI is InChI=1S/C14H21N3O7/c1-7-5-17(14(22)16-12(7)21)13-11(10(20)8(6-18)24-13)23-4-3-9(19)15-2/h5,8,10-11,13,18,20H,3-4,6H2,1-2H3,(H,15,19)(H,16,21,22)/t8-,10-,11-,13-/m1/s1. The number of aliphatic hydroxyl groups is 2. The van der Waals surface area contributed by atoms with Crippen LogP contribution >= 0.6 is 0 Å². The van der Waals surface area contributed by atoms with E-state index in [-0.39, 0.29) is 24.5 Å². The minimum absolute atomic E-state index is 0.00348. The first-order valence-electron chi connectivity index (χ1n) is 7.47. The van der Waals surface area contributed by atoms with Crippen LogP contribution < -0.4 is 16.6 Å². The molecule has 0 spiro atoms. The summed E-state index contributed by atoms with van der Waals surface area (Å²) in [4.78, 5) is 36.9. The Bertz CT molecular complexity index is 698. The van der Waals surface area contributed by atoms with Crippen molar-refractivity contribution >= 4 is 5.91 Å². The molecule has 1 aromatic heterocycles.